The molecule has 17 heavy (non-hydrogen) atoms. The molecule has 0 heterocycles. The molecule has 0 spiro atoms. The summed E-state index contributed by atoms with van der Waals surface area (Å²) in [7, 11) is 0. The van der Waals surface area contributed by atoms with E-state index in [-0.39, 0.29) is 0 Å². The van der Waals surface area contributed by atoms with E-state index >= 15 is 0 Å². The summed E-state index contributed by atoms with van der Waals surface area (Å²) in [5.41, 5.74) is 37.2. The molecule has 0 bridgehead atoms. The van der Waals surface area contributed by atoms with Crippen molar-refractivity contribution in [2.75, 3.05) is 0 Å². The molecule has 0 aromatic carbocycles. The van der Waals surface area contributed by atoms with Crippen molar-refractivity contribution in [2.24, 2.45) is 50.1 Å². The second-order valence-electron chi connectivity index (χ2n) is 4.41. The fourth-order valence-corrected chi connectivity index (χ4v) is 1.36. The first-order valence-electron chi connectivity index (χ1n) is 4.84. The third-order valence-electron chi connectivity index (χ3n) is 2.71. The van der Waals surface area contributed by atoms with E-state index in [1.165, 1.54) is 6.92 Å². The van der Waals surface area contributed by atoms with Crippen molar-refractivity contribution in [1.82, 2.24) is 0 Å². The van der Waals surface area contributed by atoms with E-state index in [0.717, 1.165) is 0 Å². The van der Waals surface area contributed by atoms with Crippen molar-refractivity contribution in [3.8, 4) is 0 Å². The highest BCUT2D eigenvalue weighted by molar-refractivity contribution is 5.31. The van der Waals surface area contributed by atoms with Crippen LogP contribution in [0.25, 0.3) is 0 Å². The second kappa shape index (κ2) is 4.74. The van der Waals surface area contributed by atoms with Gasteiger partial charge in [0, 0.05) is 0 Å². The van der Waals surface area contributed by atoms with Crippen molar-refractivity contribution in [2.45, 2.75) is 36.1 Å². The lowest BCUT2D eigenvalue weighted by Crippen LogP contribution is -2.81. The van der Waals surface area contributed by atoms with Gasteiger partial charge in [-0.2, -0.15) is 0 Å². The maximum Gasteiger partial charge on any atom is 0.178 e. The van der Waals surface area contributed by atoms with Gasteiger partial charge in [-0.3, -0.25) is 21.5 Å². The van der Waals surface area contributed by atoms with E-state index in [9.17, 15) is 0 Å². The van der Waals surface area contributed by atoms with Gasteiger partial charge in [-0.05, 0) is 20.4 Å². The van der Waals surface area contributed by atoms with Crippen LogP contribution in [0.5, 0.6) is 0 Å². The smallest absolute Gasteiger partial charge is 0.178 e. The largest absolute Gasteiger partial charge is 0.322 e. The molecule has 0 fully saturated rings. The van der Waals surface area contributed by atoms with Crippen LogP contribution in [0.15, 0.2) is 9.98 Å². The zero-order valence-electron chi connectivity index (χ0n) is 10.0. The van der Waals surface area contributed by atoms with Gasteiger partial charge in [-0.15, -0.1) is 0 Å². The van der Waals surface area contributed by atoms with Gasteiger partial charge < -0.3 is 28.7 Å². The summed E-state index contributed by atoms with van der Waals surface area (Å²) in [5.74, 6) is -1.72. The number of rotatable bonds is 6. The number of nitrogens with zero attached hydrogens (tertiary/aromatic N) is 2. The Kier molecular flexibility index (Phi) is 4.48. The number of aliphatic imine (C=N–C) groups is 2. The first-order valence-corrected chi connectivity index (χ1v) is 4.84. The fraction of sp³-hybridized carbons (Fsp3) is 0.750. The molecule has 0 radical (unpaired) electrons. The van der Waals surface area contributed by atoms with Gasteiger partial charge in [0.25, 0.3) is 0 Å². The van der Waals surface area contributed by atoms with Crippen molar-refractivity contribution in [3.05, 3.63) is 0 Å². The van der Waals surface area contributed by atoms with Gasteiger partial charge in [-0.1, -0.05) is 0 Å². The first kappa shape index (κ1) is 16.1. The SMILES string of the molecule is C=NC(N)(N)[C@@H](N)C(N)(N=C)C(N)C(C)(N)N. The lowest BCUT2D eigenvalue weighted by Gasteiger charge is -2.45. The molecule has 0 saturated heterocycles. The van der Waals surface area contributed by atoms with Gasteiger partial charge in [0.15, 0.2) is 5.79 Å². The molecule has 0 aliphatic heterocycles. The molecule has 14 N–H and O–H groups in total. The third-order valence-corrected chi connectivity index (χ3v) is 2.71. The lowest BCUT2D eigenvalue weighted by molar-refractivity contribution is 0.167. The summed E-state index contributed by atoms with van der Waals surface area (Å²) in [6, 6.07) is -2.19. The molecule has 0 amide bonds. The Hall–Kier alpha value is -0.940. The van der Waals surface area contributed by atoms with Crippen LogP contribution >= 0.6 is 0 Å². The Morgan fingerprint density at radius 1 is 0.882 bits per heavy atom. The van der Waals surface area contributed by atoms with Gasteiger partial charge in [-0.25, -0.2) is 0 Å². The highest BCUT2D eigenvalue weighted by atomic mass is 15.3. The molecule has 9 heteroatoms. The van der Waals surface area contributed by atoms with Gasteiger partial charge in [0.05, 0.1) is 17.7 Å². The normalized spacial score (nSPS) is 20.2. The molecule has 9 nitrogen and oxygen atoms in total. The van der Waals surface area contributed by atoms with E-state index < -0.39 is 29.2 Å². The monoisotopic (exact) mass is 245 g/mol. The fourth-order valence-electron chi connectivity index (χ4n) is 1.36. The van der Waals surface area contributed by atoms with Gasteiger partial charge in [0.1, 0.15) is 5.66 Å². The van der Waals surface area contributed by atoms with E-state index in [0.29, 0.717) is 0 Å². The minimum absolute atomic E-state index is 1.03. The zero-order valence-corrected chi connectivity index (χ0v) is 10.0. The molecule has 0 saturated carbocycles. The molecular formula is C8H23N9. The van der Waals surface area contributed by atoms with Crippen molar-refractivity contribution >= 4 is 13.4 Å². The van der Waals surface area contributed by atoms with Crippen molar-refractivity contribution < 1.29 is 0 Å². The number of nitrogens with two attached hydrogens (primary N) is 7. The van der Waals surface area contributed by atoms with Crippen LogP contribution < -0.4 is 40.1 Å². The van der Waals surface area contributed by atoms with E-state index in [1.807, 2.05) is 0 Å². The van der Waals surface area contributed by atoms with Gasteiger partial charge >= 0.3 is 0 Å². The van der Waals surface area contributed by atoms with Crippen LogP contribution in [0.4, 0.5) is 0 Å². The van der Waals surface area contributed by atoms with Crippen LogP contribution in [0.2, 0.25) is 0 Å². The van der Waals surface area contributed by atoms with Gasteiger partial charge in [0.2, 0.25) is 0 Å². The standard InChI is InChI=1S/C8H23N9/c1-6(11,12)4(9)7(13,16-2)5(10)8(14,15)17-3/h4-5H,2-3,9-15H2,1H3/t4?,5-,7?/m0/s1. The quantitative estimate of drug-likeness (QED) is 0.181. The molecule has 0 aliphatic carbocycles. The Morgan fingerprint density at radius 3 is 1.53 bits per heavy atom. The first-order chi connectivity index (χ1) is 7.43. The van der Waals surface area contributed by atoms with Crippen molar-refractivity contribution in [1.29, 1.82) is 0 Å². The second-order valence-corrected chi connectivity index (χ2v) is 4.41. The molecule has 0 aromatic heterocycles. The molecule has 3 atom stereocenters. The average molecular weight is 245 g/mol. The highest BCUT2D eigenvalue weighted by Gasteiger charge is 2.50. The minimum Gasteiger partial charge on any atom is -0.322 e. The molecule has 0 aliphatic rings. The van der Waals surface area contributed by atoms with Crippen LogP contribution in [-0.4, -0.2) is 42.6 Å². The summed E-state index contributed by atoms with van der Waals surface area (Å²) >= 11 is 0. The average Bonchev–Trinajstić information content (AvgIpc) is 2.24. The Balaban J connectivity index is 5.44. The Morgan fingerprint density at radius 2 is 1.29 bits per heavy atom. The molecular weight excluding hydrogens is 222 g/mol. The molecule has 2 unspecified atom stereocenters. The van der Waals surface area contributed by atoms with Crippen molar-refractivity contribution in [3.63, 3.8) is 0 Å². The minimum atomic E-state index is -1.72. The van der Waals surface area contributed by atoms with Crippen LogP contribution in [0.3, 0.4) is 0 Å². The summed E-state index contributed by atoms with van der Waals surface area (Å²) in [6.45, 7) is 8.00. The predicted molar refractivity (Wildman–Crippen MR) is 69.9 cm³/mol. The predicted octanol–water partition coefficient (Wildman–Crippen LogP) is -4.10. The zero-order chi connectivity index (χ0) is 14.1. The maximum absolute atomic E-state index is 5.95. The number of hydrogen-bond donors (Lipinski definition) is 7. The summed E-state index contributed by atoms with van der Waals surface area (Å²) in [4.78, 5) is 7.14. The van der Waals surface area contributed by atoms with E-state index in [1.54, 1.807) is 0 Å². The van der Waals surface area contributed by atoms with Crippen LogP contribution in [0.1, 0.15) is 6.92 Å². The van der Waals surface area contributed by atoms with Crippen LogP contribution in [0, 0.1) is 0 Å². The topological polar surface area (TPSA) is 207 Å². The summed E-state index contributed by atoms with van der Waals surface area (Å²) in [6.07, 6.45) is 0. The number of hydrogen-bond acceptors (Lipinski definition) is 9. The van der Waals surface area contributed by atoms with Crippen LogP contribution in [-0.2, 0) is 0 Å². The summed E-state index contributed by atoms with van der Waals surface area (Å²) < 4.78 is 0. The highest BCUT2D eigenvalue weighted by Crippen LogP contribution is 2.21. The molecule has 100 valence electrons. The molecule has 0 aromatic rings. The molecule has 0 rings (SSSR count). The third kappa shape index (κ3) is 3.04. The maximum atomic E-state index is 5.95. The summed E-state index contributed by atoms with van der Waals surface area (Å²) in [5, 5.41) is 0. The van der Waals surface area contributed by atoms with E-state index in [4.69, 9.17) is 40.1 Å². The Labute approximate surface area is 100 Å². The van der Waals surface area contributed by atoms with E-state index in [2.05, 4.69) is 23.4 Å². The lowest BCUT2D eigenvalue weighted by atomic mass is 9.83. The Bertz CT molecular complexity index is 294.